The lowest BCUT2D eigenvalue weighted by Gasteiger charge is -2.20. The molecule has 0 spiro atoms. The van der Waals surface area contributed by atoms with Gasteiger partial charge in [0, 0.05) is 24.5 Å². The van der Waals surface area contributed by atoms with Crippen molar-refractivity contribution in [1.29, 1.82) is 0 Å². The third-order valence-corrected chi connectivity index (χ3v) is 3.54. The fraction of sp³-hybridized carbons (Fsp3) is 0.400. The maximum absolute atomic E-state index is 11.0. The molecule has 2 amide bonds. The minimum atomic E-state index is -0.716. The molecule has 10 heteroatoms. The number of rotatable bonds is 7. The number of nitrogens with zero attached hydrogens (tertiary/aromatic N) is 3. The van der Waals surface area contributed by atoms with E-state index < -0.39 is 6.03 Å². The summed E-state index contributed by atoms with van der Waals surface area (Å²) in [7, 11) is 3.10. The minimum absolute atomic E-state index is 0. The van der Waals surface area contributed by atoms with Crippen LogP contribution in [0.1, 0.15) is 13.8 Å². The number of hydrogen-bond donors (Lipinski definition) is 3. The predicted molar refractivity (Wildman–Crippen MR) is 96.2 cm³/mol. The Labute approximate surface area is 145 Å². The van der Waals surface area contributed by atoms with Gasteiger partial charge in [0.05, 0.1) is 19.7 Å². The van der Waals surface area contributed by atoms with Crippen molar-refractivity contribution in [3.05, 3.63) is 12.1 Å². The van der Waals surface area contributed by atoms with Gasteiger partial charge < -0.3 is 25.6 Å². The predicted octanol–water partition coefficient (Wildman–Crippen LogP) is 0.664. The molecule has 0 fully saturated rings. The van der Waals surface area contributed by atoms with Gasteiger partial charge in [0.15, 0.2) is 17.3 Å². The molecule has 2 aromatic rings. The quantitative estimate of drug-likeness (QED) is 0.620. The SMILES string of the molecule is CCN(CC)c1nc(NNC(N)=O)c2cc(OC)c(OC)cc2n1.O. The molecular formula is C15H24N6O4. The van der Waals surface area contributed by atoms with E-state index in [9.17, 15) is 4.79 Å². The van der Waals surface area contributed by atoms with Crippen LogP contribution in [0.3, 0.4) is 0 Å². The van der Waals surface area contributed by atoms with Crippen molar-refractivity contribution in [1.82, 2.24) is 15.4 Å². The zero-order chi connectivity index (χ0) is 17.7. The van der Waals surface area contributed by atoms with Crippen LogP contribution in [0.25, 0.3) is 10.9 Å². The third-order valence-electron chi connectivity index (χ3n) is 3.54. The van der Waals surface area contributed by atoms with Crippen molar-refractivity contribution in [3.8, 4) is 11.5 Å². The number of ether oxygens (including phenoxy) is 2. The first-order valence-corrected chi connectivity index (χ1v) is 7.54. The second kappa shape index (κ2) is 8.73. The Bertz CT molecular complexity index is 736. The normalized spacial score (nSPS) is 9.92. The topological polar surface area (TPSA) is 146 Å². The van der Waals surface area contributed by atoms with Gasteiger partial charge in [-0.15, -0.1) is 0 Å². The lowest BCUT2D eigenvalue weighted by Crippen LogP contribution is -2.35. The molecule has 25 heavy (non-hydrogen) atoms. The first-order valence-electron chi connectivity index (χ1n) is 7.54. The van der Waals surface area contributed by atoms with Gasteiger partial charge in [-0.3, -0.25) is 10.9 Å². The van der Waals surface area contributed by atoms with Crippen LogP contribution in [0.2, 0.25) is 0 Å². The first kappa shape index (κ1) is 20.0. The van der Waals surface area contributed by atoms with Crippen LogP contribution in [0.4, 0.5) is 16.6 Å². The maximum atomic E-state index is 11.0. The Balaban J connectivity index is 0.00000312. The van der Waals surface area contributed by atoms with E-state index in [-0.39, 0.29) is 5.48 Å². The van der Waals surface area contributed by atoms with Crippen molar-refractivity contribution < 1.29 is 19.7 Å². The van der Waals surface area contributed by atoms with E-state index in [0.717, 1.165) is 13.1 Å². The molecule has 1 heterocycles. The number of methoxy groups -OCH3 is 2. The van der Waals surface area contributed by atoms with E-state index in [2.05, 4.69) is 20.8 Å². The summed E-state index contributed by atoms with van der Waals surface area (Å²) in [5.74, 6) is 2.05. The van der Waals surface area contributed by atoms with Crippen LogP contribution in [0.5, 0.6) is 11.5 Å². The summed E-state index contributed by atoms with van der Waals surface area (Å²) >= 11 is 0. The van der Waals surface area contributed by atoms with Crippen molar-refractivity contribution >= 4 is 28.7 Å². The highest BCUT2D eigenvalue weighted by Gasteiger charge is 2.15. The molecule has 6 N–H and O–H groups in total. The largest absolute Gasteiger partial charge is 0.493 e. The van der Waals surface area contributed by atoms with E-state index in [1.807, 2.05) is 18.7 Å². The standard InChI is InChI=1S/C15H22N6O3.H2O/c1-5-21(6-2)15-17-10-8-12(24-4)11(23-3)7-9(10)13(18-15)19-20-14(16)22;/h7-8H,5-6H2,1-4H3,(H3,16,20,22)(H,17,18,19);1H2. The lowest BCUT2D eigenvalue weighted by molar-refractivity contribution is 0.250. The molecule has 0 radical (unpaired) electrons. The third kappa shape index (κ3) is 4.29. The second-order valence-electron chi connectivity index (χ2n) is 4.88. The molecule has 10 nitrogen and oxygen atoms in total. The number of carbonyl (C=O) groups is 1. The van der Waals surface area contributed by atoms with Crippen LogP contribution in [-0.4, -0.2) is 48.8 Å². The Hall–Kier alpha value is -3.01. The van der Waals surface area contributed by atoms with Gasteiger partial charge in [-0.25, -0.2) is 9.78 Å². The fourth-order valence-electron chi connectivity index (χ4n) is 2.31. The molecule has 1 aromatic carbocycles. The number of carbonyl (C=O) groups excluding carboxylic acids is 1. The molecule has 1 aromatic heterocycles. The number of hydrazine groups is 1. The van der Waals surface area contributed by atoms with Gasteiger partial charge in [0.25, 0.3) is 0 Å². The Morgan fingerprint density at radius 1 is 1.16 bits per heavy atom. The molecule has 0 aliphatic heterocycles. The van der Waals surface area contributed by atoms with Crippen molar-refractivity contribution in [2.24, 2.45) is 5.73 Å². The molecule has 0 saturated heterocycles. The number of hydrogen-bond acceptors (Lipinski definition) is 7. The summed E-state index contributed by atoms with van der Waals surface area (Å²) in [6, 6.07) is 2.79. The lowest BCUT2D eigenvalue weighted by atomic mass is 10.2. The van der Waals surface area contributed by atoms with Gasteiger partial charge in [-0.05, 0) is 19.9 Å². The number of aromatic nitrogens is 2. The number of urea groups is 1. The molecule has 0 atom stereocenters. The molecule has 138 valence electrons. The average molecular weight is 352 g/mol. The monoisotopic (exact) mass is 352 g/mol. The molecule has 0 unspecified atom stereocenters. The molecule has 0 aliphatic carbocycles. The summed E-state index contributed by atoms with van der Waals surface area (Å²) in [5.41, 5.74) is 10.8. The van der Waals surface area contributed by atoms with Crippen LogP contribution < -0.4 is 31.0 Å². The van der Waals surface area contributed by atoms with Crippen molar-refractivity contribution in [3.63, 3.8) is 0 Å². The highest BCUT2D eigenvalue weighted by atomic mass is 16.5. The number of nitrogens with one attached hydrogen (secondary N) is 2. The van der Waals surface area contributed by atoms with Gasteiger partial charge in [0.2, 0.25) is 5.95 Å². The van der Waals surface area contributed by atoms with E-state index in [4.69, 9.17) is 15.2 Å². The fourth-order valence-corrected chi connectivity index (χ4v) is 2.31. The Kier molecular flexibility index (Phi) is 7.00. The van der Waals surface area contributed by atoms with Crippen molar-refractivity contribution in [2.45, 2.75) is 13.8 Å². The van der Waals surface area contributed by atoms with E-state index in [1.54, 1.807) is 26.4 Å². The Morgan fingerprint density at radius 3 is 2.28 bits per heavy atom. The number of nitrogens with two attached hydrogens (primary N) is 1. The number of amides is 2. The van der Waals surface area contributed by atoms with Gasteiger partial charge in [-0.2, -0.15) is 4.98 Å². The minimum Gasteiger partial charge on any atom is -0.493 e. The molecule has 0 aliphatic rings. The first-order chi connectivity index (χ1) is 11.5. The second-order valence-corrected chi connectivity index (χ2v) is 4.88. The number of benzene rings is 1. The van der Waals surface area contributed by atoms with E-state index >= 15 is 0 Å². The maximum Gasteiger partial charge on any atom is 0.330 e. The van der Waals surface area contributed by atoms with E-state index in [0.29, 0.717) is 34.2 Å². The van der Waals surface area contributed by atoms with Gasteiger partial charge in [-0.1, -0.05) is 0 Å². The smallest absolute Gasteiger partial charge is 0.330 e. The number of fused-ring (bicyclic) bond motifs is 1. The summed E-state index contributed by atoms with van der Waals surface area (Å²) in [6.45, 7) is 5.52. The summed E-state index contributed by atoms with van der Waals surface area (Å²) in [4.78, 5) is 22.1. The van der Waals surface area contributed by atoms with Crippen LogP contribution in [0, 0.1) is 0 Å². The van der Waals surface area contributed by atoms with Crippen LogP contribution >= 0.6 is 0 Å². The molecular weight excluding hydrogens is 328 g/mol. The summed E-state index contributed by atoms with van der Waals surface area (Å²) in [6.07, 6.45) is 0. The van der Waals surface area contributed by atoms with E-state index in [1.165, 1.54) is 0 Å². The molecule has 0 saturated carbocycles. The van der Waals surface area contributed by atoms with Gasteiger partial charge >= 0.3 is 6.03 Å². The zero-order valence-electron chi connectivity index (χ0n) is 14.7. The van der Waals surface area contributed by atoms with Gasteiger partial charge in [0.1, 0.15) is 0 Å². The summed E-state index contributed by atoms with van der Waals surface area (Å²) < 4.78 is 10.6. The van der Waals surface area contributed by atoms with Crippen LogP contribution in [-0.2, 0) is 0 Å². The van der Waals surface area contributed by atoms with Crippen LogP contribution in [0.15, 0.2) is 12.1 Å². The Morgan fingerprint density at radius 2 is 1.76 bits per heavy atom. The summed E-state index contributed by atoms with van der Waals surface area (Å²) in [5, 5.41) is 0.664. The van der Waals surface area contributed by atoms with Crippen molar-refractivity contribution in [2.75, 3.05) is 37.6 Å². The highest BCUT2D eigenvalue weighted by molar-refractivity contribution is 5.93. The molecule has 0 bridgehead atoms. The molecule has 2 rings (SSSR count). The average Bonchev–Trinajstić information content (AvgIpc) is 2.59. The zero-order valence-corrected chi connectivity index (χ0v) is 14.7. The number of primary amides is 1. The highest BCUT2D eigenvalue weighted by Crippen LogP contribution is 2.34. The number of anilines is 2.